The summed E-state index contributed by atoms with van der Waals surface area (Å²) in [5, 5.41) is 0. The molecule has 0 rings (SSSR count). The maximum Gasteiger partial charge on any atom is 0.392 e. The molecule has 18 heavy (non-hydrogen) atoms. The van der Waals surface area contributed by atoms with Crippen LogP contribution in [0.25, 0.3) is 0 Å². The van der Waals surface area contributed by atoms with Crippen LogP contribution in [0.5, 0.6) is 0 Å². The van der Waals surface area contributed by atoms with Crippen molar-refractivity contribution < 1.29 is 18.0 Å². The average molecular weight is 263 g/mol. The molecule has 0 amide bonds. The molecule has 0 aromatic heterocycles. The zero-order chi connectivity index (χ0) is 14.0. The average Bonchev–Trinajstić information content (AvgIpc) is 2.24. The van der Waals surface area contributed by atoms with Crippen molar-refractivity contribution in [2.75, 3.05) is 0 Å². The number of hydrogen-bond acceptors (Lipinski definition) is 1. The summed E-state index contributed by atoms with van der Waals surface area (Å²) < 4.78 is 37.6. The normalized spacial score (nSPS) is 13.3. The van der Waals surface area contributed by atoms with Crippen LogP contribution in [0.4, 0.5) is 13.2 Å². The lowest BCUT2D eigenvalue weighted by molar-refractivity contribution is -0.175. The third kappa shape index (κ3) is 9.25. The molecule has 0 aliphatic rings. The Kier molecular flexibility index (Phi) is 8.77. The SMILES string of the molecule is [CH2]C(=O)CCCCCCC[C@H](CC=C)C(F)(F)F. The Labute approximate surface area is 107 Å². The fraction of sp³-hybridized carbons (Fsp3) is 0.714. The third-order valence-corrected chi connectivity index (χ3v) is 2.92. The summed E-state index contributed by atoms with van der Waals surface area (Å²) in [5.41, 5.74) is 0. The van der Waals surface area contributed by atoms with Crippen LogP contribution in [0, 0.1) is 12.8 Å². The van der Waals surface area contributed by atoms with Gasteiger partial charge in [0.25, 0.3) is 0 Å². The molecule has 0 fully saturated rings. The summed E-state index contributed by atoms with van der Waals surface area (Å²) in [6.07, 6.45) is 1.78. The van der Waals surface area contributed by atoms with E-state index in [1.165, 1.54) is 6.08 Å². The van der Waals surface area contributed by atoms with E-state index < -0.39 is 12.1 Å². The second-order valence-corrected chi connectivity index (χ2v) is 4.61. The van der Waals surface area contributed by atoms with Crippen LogP contribution < -0.4 is 0 Å². The van der Waals surface area contributed by atoms with Gasteiger partial charge >= 0.3 is 6.18 Å². The Balaban J connectivity index is 3.62. The minimum Gasteiger partial charge on any atom is -0.300 e. The number of Topliss-reactive ketones (excluding diaryl/α,β-unsaturated/α-hetero) is 1. The second-order valence-electron chi connectivity index (χ2n) is 4.61. The van der Waals surface area contributed by atoms with Crippen molar-refractivity contribution in [3.8, 4) is 0 Å². The Bertz CT molecular complexity index is 246. The van der Waals surface area contributed by atoms with E-state index >= 15 is 0 Å². The molecule has 1 nitrogen and oxygen atoms in total. The minimum atomic E-state index is -4.12. The molecule has 0 N–H and O–H groups in total. The molecular formula is C14H22F3O. The maximum atomic E-state index is 12.5. The van der Waals surface area contributed by atoms with Crippen molar-refractivity contribution in [2.24, 2.45) is 5.92 Å². The molecule has 4 heteroatoms. The summed E-state index contributed by atoms with van der Waals surface area (Å²) in [6.45, 7) is 6.63. The molecule has 0 heterocycles. The smallest absolute Gasteiger partial charge is 0.300 e. The number of unbranched alkanes of at least 4 members (excludes halogenated alkanes) is 4. The minimum absolute atomic E-state index is 0.000490. The van der Waals surface area contributed by atoms with Gasteiger partial charge in [-0.1, -0.05) is 31.8 Å². The van der Waals surface area contributed by atoms with Gasteiger partial charge in [-0.2, -0.15) is 13.2 Å². The zero-order valence-electron chi connectivity index (χ0n) is 10.8. The van der Waals surface area contributed by atoms with Gasteiger partial charge in [-0.3, -0.25) is 4.79 Å². The van der Waals surface area contributed by atoms with Gasteiger partial charge in [-0.05, 0) is 19.3 Å². The van der Waals surface area contributed by atoms with Gasteiger partial charge < -0.3 is 0 Å². The molecule has 0 saturated heterocycles. The van der Waals surface area contributed by atoms with Gasteiger partial charge in [0.1, 0.15) is 5.78 Å². The Morgan fingerprint density at radius 1 is 1.11 bits per heavy atom. The molecular weight excluding hydrogens is 241 g/mol. The van der Waals surface area contributed by atoms with Crippen LogP contribution in [0.1, 0.15) is 51.4 Å². The fourth-order valence-corrected chi connectivity index (χ4v) is 1.86. The number of carbonyl (C=O) groups is 1. The fourth-order valence-electron chi connectivity index (χ4n) is 1.86. The van der Waals surface area contributed by atoms with Crippen molar-refractivity contribution in [3.05, 3.63) is 19.6 Å². The maximum absolute atomic E-state index is 12.5. The highest BCUT2D eigenvalue weighted by Crippen LogP contribution is 2.33. The van der Waals surface area contributed by atoms with E-state index in [0.29, 0.717) is 12.8 Å². The van der Waals surface area contributed by atoms with E-state index in [1.54, 1.807) is 0 Å². The first-order valence-corrected chi connectivity index (χ1v) is 6.40. The summed E-state index contributed by atoms with van der Waals surface area (Å²) in [4.78, 5) is 10.6. The summed E-state index contributed by atoms with van der Waals surface area (Å²) in [5.74, 6) is -1.32. The molecule has 0 aliphatic heterocycles. The first kappa shape index (κ1) is 17.2. The van der Waals surface area contributed by atoms with Crippen molar-refractivity contribution in [1.29, 1.82) is 0 Å². The Hall–Kier alpha value is -0.800. The summed E-state index contributed by atoms with van der Waals surface area (Å²) in [6, 6.07) is 0. The van der Waals surface area contributed by atoms with Gasteiger partial charge in [0.15, 0.2) is 0 Å². The van der Waals surface area contributed by atoms with E-state index in [0.717, 1.165) is 25.7 Å². The molecule has 0 unspecified atom stereocenters. The number of rotatable bonds is 10. The van der Waals surface area contributed by atoms with E-state index in [4.69, 9.17) is 0 Å². The number of carbonyl (C=O) groups excluding carboxylic acids is 1. The van der Waals surface area contributed by atoms with Crippen LogP contribution in [-0.2, 0) is 4.79 Å². The highest BCUT2D eigenvalue weighted by Gasteiger charge is 2.37. The Morgan fingerprint density at radius 2 is 1.67 bits per heavy atom. The van der Waals surface area contributed by atoms with Gasteiger partial charge in [-0.25, -0.2) is 0 Å². The van der Waals surface area contributed by atoms with E-state index in [2.05, 4.69) is 13.5 Å². The van der Waals surface area contributed by atoms with Gasteiger partial charge in [0, 0.05) is 13.3 Å². The van der Waals surface area contributed by atoms with Crippen molar-refractivity contribution in [2.45, 2.75) is 57.5 Å². The Morgan fingerprint density at radius 3 is 2.17 bits per heavy atom. The predicted octanol–water partition coefficient (Wildman–Crippen LogP) is 4.87. The lowest BCUT2D eigenvalue weighted by Gasteiger charge is -2.18. The predicted molar refractivity (Wildman–Crippen MR) is 67.0 cm³/mol. The van der Waals surface area contributed by atoms with Gasteiger partial charge in [0.05, 0.1) is 5.92 Å². The number of halogens is 3. The molecule has 0 aromatic carbocycles. The largest absolute Gasteiger partial charge is 0.392 e. The molecule has 0 saturated carbocycles. The molecule has 0 aliphatic carbocycles. The van der Waals surface area contributed by atoms with E-state index in [-0.39, 0.29) is 18.6 Å². The lowest BCUT2D eigenvalue weighted by atomic mass is 9.96. The van der Waals surface area contributed by atoms with Gasteiger partial charge in [-0.15, -0.1) is 6.58 Å². The number of alkyl halides is 3. The van der Waals surface area contributed by atoms with Crippen molar-refractivity contribution in [3.63, 3.8) is 0 Å². The quantitative estimate of drug-likeness (QED) is 0.406. The number of hydrogen-bond donors (Lipinski definition) is 0. The monoisotopic (exact) mass is 263 g/mol. The third-order valence-electron chi connectivity index (χ3n) is 2.92. The van der Waals surface area contributed by atoms with Crippen LogP contribution >= 0.6 is 0 Å². The van der Waals surface area contributed by atoms with Gasteiger partial charge in [0.2, 0.25) is 0 Å². The van der Waals surface area contributed by atoms with Crippen LogP contribution in [0.2, 0.25) is 0 Å². The number of ketones is 1. The van der Waals surface area contributed by atoms with E-state index in [9.17, 15) is 18.0 Å². The molecule has 0 aromatic rings. The zero-order valence-corrected chi connectivity index (χ0v) is 10.8. The lowest BCUT2D eigenvalue weighted by Crippen LogP contribution is -2.22. The molecule has 0 spiro atoms. The van der Waals surface area contributed by atoms with E-state index in [1.807, 2.05) is 0 Å². The van der Waals surface area contributed by atoms with Crippen LogP contribution in [0.15, 0.2) is 12.7 Å². The van der Waals surface area contributed by atoms with Crippen LogP contribution in [-0.4, -0.2) is 12.0 Å². The molecule has 1 radical (unpaired) electrons. The second kappa shape index (κ2) is 9.17. The topological polar surface area (TPSA) is 17.1 Å². The van der Waals surface area contributed by atoms with Crippen molar-refractivity contribution in [1.82, 2.24) is 0 Å². The highest BCUT2D eigenvalue weighted by atomic mass is 19.4. The standard InChI is InChI=1S/C14H22F3O/c1-3-9-13(14(15,16)17)11-8-6-4-5-7-10-12(2)18/h3,13H,1-2,4-11H2/t13-/m0/s1. The molecule has 105 valence electrons. The number of allylic oxidation sites excluding steroid dienone is 1. The highest BCUT2D eigenvalue weighted by molar-refractivity contribution is 5.82. The van der Waals surface area contributed by atoms with Crippen LogP contribution in [0.3, 0.4) is 0 Å². The molecule has 1 atom stereocenters. The van der Waals surface area contributed by atoms with Crippen molar-refractivity contribution >= 4 is 5.78 Å². The summed E-state index contributed by atoms with van der Waals surface area (Å²) in [7, 11) is 0. The molecule has 0 bridgehead atoms. The summed E-state index contributed by atoms with van der Waals surface area (Å²) >= 11 is 0. The first-order chi connectivity index (χ1) is 8.38. The first-order valence-electron chi connectivity index (χ1n) is 6.40.